The summed E-state index contributed by atoms with van der Waals surface area (Å²) < 4.78 is 8.16. The van der Waals surface area contributed by atoms with Gasteiger partial charge < -0.3 is 15.0 Å². The van der Waals surface area contributed by atoms with E-state index in [1.807, 2.05) is 40.9 Å². The van der Waals surface area contributed by atoms with Crippen molar-refractivity contribution in [2.75, 3.05) is 43.4 Å². The van der Waals surface area contributed by atoms with Crippen LogP contribution in [0.2, 0.25) is 0 Å². The quantitative estimate of drug-likeness (QED) is 0.778. The van der Waals surface area contributed by atoms with E-state index in [-0.39, 0.29) is 12.0 Å². The Kier molecular flexibility index (Phi) is 6.04. The summed E-state index contributed by atoms with van der Waals surface area (Å²) in [7, 11) is 1.97. The molecule has 0 saturated heterocycles. The van der Waals surface area contributed by atoms with Crippen molar-refractivity contribution < 1.29 is 9.53 Å². The Morgan fingerprint density at radius 3 is 2.86 bits per heavy atom. The van der Waals surface area contributed by atoms with E-state index in [1.54, 1.807) is 6.20 Å². The van der Waals surface area contributed by atoms with E-state index in [4.69, 9.17) is 4.74 Å². The Hall–Kier alpha value is -2.54. The highest BCUT2D eigenvalue weighted by Crippen LogP contribution is 2.33. The second kappa shape index (κ2) is 8.86. The Labute approximate surface area is 172 Å². The van der Waals surface area contributed by atoms with Gasteiger partial charge in [0.2, 0.25) is 5.91 Å². The second-order valence-corrected chi connectivity index (χ2v) is 8.09. The molecule has 1 atom stereocenters. The molecule has 1 fully saturated rings. The lowest BCUT2D eigenvalue weighted by Crippen LogP contribution is -2.46. The summed E-state index contributed by atoms with van der Waals surface area (Å²) in [6, 6.07) is 10.4. The minimum absolute atomic E-state index is 0.0178. The van der Waals surface area contributed by atoms with Gasteiger partial charge in [0.05, 0.1) is 31.0 Å². The fourth-order valence-electron chi connectivity index (χ4n) is 4.47. The van der Waals surface area contributed by atoms with Crippen molar-refractivity contribution in [3.05, 3.63) is 36.5 Å². The molecule has 0 radical (unpaired) electrons. The Bertz CT molecular complexity index is 830. The molecule has 0 unspecified atom stereocenters. The molecule has 1 amide bonds. The first kappa shape index (κ1) is 19.8. The van der Waals surface area contributed by atoms with Gasteiger partial charge in [-0.15, -0.1) is 0 Å². The first-order valence-electron chi connectivity index (χ1n) is 10.7. The van der Waals surface area contributed by atoms with Crippen LogP contribution >= 0.6 is 0 Å². The summed E-state index contributed by atoms with van der Waals surface area (Å²) in [4.78, 5) is 17.0. The molecule has 2 aromatic rings. The van der Waals surface area contributed by atoms with E-state index in [0.717, 1.165) is 43.2 Å². The van der Waals surface area contributed by atoms with Crippen LogP contribution in [0, 0.1) is 0 Å². The van der Waals surface area contributed by atoms with Crippen LogP contribution in [0.25, 0.3) is 0 Å². The van der Waals surface area contributed by atoms with Crippen LogP contribution in [0.15, 0.2) is 36.5 Å². The molecular formula is C22H31N5O2. The highest BCUT2D eigenvalue weighted by atomic mass is 16.5. The van der Waals surface area contributed by atoms with Gasteiger partial charge in [-0.3, -0.25) is 9.69 Å². The number of aromatic nitrogens is 2. The van der Waals surface area contributed by atoms with E-state index in [2.05, 4.69) is 28.3 Å². The molecule has 156 valence electrons. The largest absolute Gasteiger partial charge is 0.485 e. The van der Waals surface area contributed by atoms with Gasteiger partial charge in [0, 0.05) is 19.2 Å². The molecule has 1 N–H and O–H groups in total. The topological polar surface area (TPSA) is 62.6 Å². The molecule has 1 aliphatic heterocycles. The molecule has 29 heavy (non-hydrogen) atoms. The number of rotatable bonds is 7. The number of nitrogens with one attached hydrogen (secondary N) is 1. The molecule has 7 nitrogen and oxygen atoms in total. The van der Waals surface area contributed by atoms with Gasteiger partial charge in [-0.1, -0.05) is 25.0 Å². The van der Waals surface area contributed by atoms with Gasteiger partial charge in [0.25, 0.3) is 0 Å². The number of para-hydroxylation sites is 2. The zero-order chi connectivity index (χ0) is 20.2. The highest BCUT2D eigenvalue weighted by molar-refractivity contribution is 5.91. The lowest BCUT2D eigenvalue weighted by atomic mass is 10.2. The Morgan fingerprint density at radius 2 is 2.07 bits per heavy atom. The van der Waals surface area contributed by atoms with Crippen molar-refractivity contribution in [3.63, 3.8) is 0 Å². The number of carbonyl (C=O) groups is 1. The number of benzene rings is 1. The monoisotopic (exact) mass is 397 g/mol. The first-order chi connectivity index (χ1) is 14.1. The SMILES string of the molecule is CCN1C[C@H](CN(C)CC(=O)Nc2ccnn2C2CCCC2)Oc2ccccc21. The van der Waals surface area contributed by atoms with Crippen molar-refractivity contribution in [1.82, 2.24) is 14.7 Å². The minimum atomic E-state index is -0.0178. The van der Waals surface area contributed by atoms with Crippen molar-refractivity contribution in [2.24, 2.45) is 0 Å². The summed E-state index contributed by atoms with van der Waals surface area (Å²) in [5, 5.41) is 7.47. The van der Waals surface area contributed by atoms with Crippen LogP contribution in [-0.2, 0) is 4.79 Å². The van der Waals surface area contributed by atoms with E-state index < -0.39 is 0 Å². The van der Waals surface area contributed by atoms with Crippen LogP contribution < -0.4 is 15.0 Å². The second-order valence-electron chi connectivity index (χ2n) is 8.09. The summed E-state index contributed by atoms with van der Waals surface area (Å²) in [5.74, 6) is 1.70. The number of nitrogens with zero attached hydrogens (tertiary/aromatic N) is 4. The van der Waals surface area contributed by atoms with Gasteiger partial charge in [-0.05, 0) is 38.9 Å². The first-order valence-corrected chi connectivity index (χ1v) is 10.7. The zero-order valence-corrected chi connectivity index (χ0v) is 17.4. The predicted molar refractivity (Wildman–Crippen MR) is 115 cm³/mol. The molecule has 7 heteroatoms. The number of fused-ring (bicyclic) bond motifs is 1. The molecule has 0 spiro atoms. The summed E-state index contributed by atoms with van der Waals surface area (Å²) in [6.07, 6.45) is 6.55. The third-order valence-electron chi connectivity index (χ3n) is 5.84. The van der Waals surface area contributed by atoms with Crippen LogP contribution in [0.1, 0.15) is 38.6 Å². The van der Waals surface area contributed by atoms with Crippen molar-refractivity contribution in [1.29, 1.82) is 0 Å². The maximum Gasteiger partial charge on any atom is 0.239 e. The molecule has 4 rings (SSSR count). The number of anilines is 2. The van der Waals surface area contributed by atoms with Crippen molar-refractivity contribution in [2.45, 2.75) is 44.8 Å². The molecule has 1 aromatic heterocycles. The third-order valence-corrected chi connectivity index (χ3v) is 5.84. The lowest BCUT2D eigenvalue weighted by molar-refractivity contribution is -0.117. The number of ether oxygens (including phenoxy) is 1. The summed E-state index contributed by atoms with van der Waals surface area (Å²) >= 11 is 0. The fourth-order valence-corrected chi connectivity index (χ4v) is 4.47. The molecule has 1 saturated carbocycles. The maximum absolute atomic E-state index is 12.6. The smallest absolute Gasteiger partial charge is 0.239 e. The number of hydrogen-bond donors (Lipinski definition) is 1. The molecule has 2 heterocycles. The lowest BCUT2D eigenvalue weighted by Gasteiger charge is -2.37. The average molecular weight is 398 g/mol. The number of likely N-dealkylation sites (N-methyl/N-ethyl adjacent to an activating group) is 2. The zero-order valence-electron chi connectivity index (χ0n) is 17.4. The van der Waals surface area contributed by atoms with E-state index in [0.29, 0.717) is 19.1 Å². The van der Waals surface area contributed by atoms with Crippen LogP contribution in [0.3, 0.4) is 0 Å². The van der Waals surface area contributed by atoms with Gasteiger partial charge in [-0.2, -0.15) is 5.10 Å². The summed E-state index contributed by atoms with van der Waals surface area (Å²) in [6.45, 7) is 4.94. The molecular weight excluding hydrogens is 366 g/mol. The maximum atomic E-state index is 12.6. The molecule has 1 aliphatic carbocycles. The van der Waals surface area contributed by atoms with E-state index in [1.165, 1.54) is 12.8 Å². The van der Waals surface area contributed by atoms with Gasteiger partial charge in [0.15, 0.2) is 0 Å². The minimum Gasteiger partial charge on any atom is -0.485 e. The summed E-state index contributed by atoms with van der Waals surface area (Å²) in [5.41, 5.74) is 1.15. The normalized spacial score (nSPS) is 19.3. The van der Waals surface area contributed by atoms with Gasteiger partial charge in [-0.25, -0.2) is 4.68 Å². The fraction of sp³-hybridized carbons (Fsp3) is 0.545. The average Bonchev–Trinajstić information content (AvgIpc) is 3.38. The molecule has 0 bridgehead atoms. The van der Waals surface area contributed by atoms with E-state index in [9.17, 15) is 4.79 Å². The Balaban J connectivity index is 1.31. The number of hydrogen-bond acceptors (Lipinski definition) is 5. The highest BCUT2D eigenvalue weighted by Gasteiger charge is 2.26. The standard InChI is InChI=1S/C22H31N5O2/c1-3-26-15-18(29-20-11-7-6-10-19(20)26)14-25(2)16-22(28)24-21-12-13-23-27(21)17-8-4-5-9-17/h6-7,10-13,17-18H,3-5,8-9,14-16H2,1-2H3,(H,24,28)/t18-/m0/s1. The van der Waals surface area contributed by atoms with E-state index >= 15 is 0 Å². The van der Waals surface area contributed by atoms with Crippen molar-refractivity contribution >= 4 is 17.4 Å². The van der Waals surface area contributed by atoms with Crippen molar-refractivity contribution in [3.8, 4) is 5.75 Å². The van der Waals surface area contributed by atoms with Crippen LogP contribution in [-0.4, -0.2) is 59.9 Å². The van der Waals surface area contributed by atoms with Gasteiger partial charge in [0.1, 0.15) is 17.7 Å². The van der Waals surface area contributed by atoms with Gasteiger partial charge >= 0.3 is 0 Å². The Morgan fingerprint density at radius 1 is 1.28 bits per heavy atom. The third kappa shape index (κ3) is 4.56. The molecule has 1 aromatic carbocycles. The van der Waals surface area contributed by atoms with Crippen LogP contribution in [0.4, 0.5) is 11.5 Å². The van der Waals surface area contributed by atoms with Crippen LogP contribution in [0.5, 0.6) is 5.75 Å². The number of amides is 1. The predicted octanol–water partition coefficient (Wildman–Crippen LogP) is 3.16. The molecule has 2 aliphatic rings. The number of carbonyl (C=O) groups excluding carboxylic acids is 1.